The van der Waals surface area contributed by atoms with Crippen LogP contribution in [0.15, 0.2) is 24.3 Å². The molecular formula is C18H24N2O6S. The molecule has 0 bridgehead atoms. The number of aliphatic carboxylic acids is 1. The summed E-state index contributed by atoms with van der Waals surface area (Å²) in [6.07, 6.45) is 0.871. The number of rotatable bonds is 6. The summed E-state index contributed by atoms with van der Waals surface area (Å²) < 4.78 is 31.8. The van der Waals surface area contributed by atoms with Crippen LogP contribution in [0.4, 0.5) is 5.69 Å². The molecule has 8 nitrogen and oxygen atoms in total. The number of likely N-dealkylation sites (tertiary alicyclic amines) is 1. The van der Waals surface area contributed by atoms with Gasteiger partial charge in [0.2, 0.25) is 10.0 Å². The Bertz CT molecular complexity index is 840. The summed E-state index contributed by atoms with van der Waals surface area (Å²) in [6.45, 7) is 2.93. The van der Waals surface area contributed by atoms with E-state index in [0.717, 1.165) is 0 Å². The van der Waals surface area contributed by atoms with Crippen LogP contribution in [0.1, 0.15) is 30.1 Å². The predicted octanol–water partition coefficient (Wildman–Crippen LogP) is 1.40. The van der Waals surface area contributed by atoms with Gasteiger partial charge in [0.1, 0.15) is 0 Å². The lowest BCUT2D eigenvalue weighted by Crippen LogP contribution is -2.45. The van der Waals surface area contributed by atoms with E-state index >= 15 is 0 Å². The minimum atomic E-state index is -3.45. The van der Waals surface area contributed by atoms with Crippen LogP contribution in [0.5, 0.6) is 0 Å². The lowest BCUT2D eigenvalue weighted by molar-refractivity contribution is -0.157. The second kappa shape index (κ2) is 7.47. The monoisotopic (exact) mass is 396 g/mol. The van der Waals surface area contributed by atoms with Crippen molar-refractivity contribution >= 4 is 27.6 Å². The summed E-state index contributed by atoms with van der Waals surface area (Å²) in [5, 5.41) is 9.72. The van der Waals surface area contributed by atoms with Crippen LogP contribution in [0.25, 0.3) is 0 Å². The number of amides is 1. The Morgan fingerprint density at radius 2 is 2.19 bits per heavy atom. The fraction of sp³-hybridized carbons (Fsp3) is 0.556. The average Bonchev–Trinajstić information content (AvgIpc) is 3.02. The van der Waals surface area contributed by atoms with E-state index in [4.69, 9.17) is 4.74 Å². The van der Waals surface area contributed by atoms with Crippen LogP contribution in [0.3, 0.4) is 0 Å². The first kappa shape index (κ1) is 19.6. The highest BCUT2D eigenvalue weighted by Gasteiger charge is 2.54. The molecule has 0 aliphatic carbocycles. The highest BCUT2D eigenvalue weighted by atomic mass is 32.2. The van der Waals surface area contributed by atoms with Crippen molar-refractivity contribution in [2.75, 3.05) is 36.8 Å². The minimum Gasteiger partial charge on any atom is -0.481 e. The third kappa shape index (κ3) is 3.93. The standard InChI is InChI=1S/C18H24N2O6S/c1-2-8-27(24,25)19-15-5-3-4-13(9-15)16(21)20-10-14-11-26-7-6-18(14,12-20)17(22)23/h3-5,9,14,19H,2,6-8,10-12H2,1H3,(H,22,23)/t14-,18+/m0/s1. The molecule has 0 saturated carbocycles. The molecule has 0 spiro atoms. The van der Waals surface area contributed by atoms with Crippen molar-refractivity contribution in [3.63, 3.8) is 0 Å². The van der Waals surface area contributed by atoms with Crippen molar-refractivity contribution in [3.05, 3.63) is 29.8 Å². The molecule has 148 valence electrons. The first-order valence-corrected chi connectivity index (χ1v) is 10.6. The van der Waals surface area contributed by atoms with E-state index in [1.54, 1.807) is 25.1 Å². The van der Waals surface area contributed by atoms with E-state index in [9.17, 15) is 23.1 Å². The molecule has 27 heavy (non-hydrogen) atoms. The maximum atomic E-state index is 12.9. The van der Waals surface area contributed by atoms with Gasteiger partial charge in [0, 0.05) is 36.9 Å². The Kier molecular flexibility index (Phi) is 5.43. The Labute approximate surface area is 158 Å². The molecule has 1 aromatic rings. The van der Waals surface area contributed by atoms with Crippen molar-refractivity contribution in [1.82, 2.24) is 4.90 Å². The Morgan fingerprint density at radius 1 is 1.41 bits per heavy atom. The summed E-state index contributed by atoms with van der Waals surface area (Å²) in [5.41, 5.74) is -0.317. The zero-order valence-electron chi connectivity index (χ0n) is 15.2. The van der Waals surface area contributed by atoms with E-state index < -0.39 is 21.4 Å². The number of hydrogen-bond acceptors (Lipinski definition) is 5. The number of carbonyl (C=O) groups excluding carboxylic acids is 1. The lowest BCUT2D eigenvalue weighted by atomic mass is 9.74. The van der Waals surface area contributed by atoms with Crippen LogP contribution in [0.2, 0.25) is 0 Å². The molecule has 0 aromatic heterocycles. The molecule has 0 radical (unpaired) electrons. The molecule has 1 aromatic carbocycles. The minimum absolute atomic E-state index is 0.000110. The third-order valence-corrected chi connectivity index (χ3v) is 6.77. The number of nitrogens with one attached hydrogen (secondary N) is 1. The van der Waals surface area contributed by atoms with Crippen molar-refractivity contribution in [2.24, 2.45) is 11.3 Å². The fourth-order valence-electron chi connectivity index (χ4n) is 3.85. The SMILES string of the molecule is CCCS(=O)(=O)Nc1cccc(C(=O)N2C[C@H]3COCC[C@@]3(C(=O)O)C2)c1. The highest BCUT2D eigenvalue weighted by molar-refractivity contribution is 7.92. The van der Waals surface area contributed by atoms with Crippen LogP contribution >= 0.6 is 0 Å². The number of carboxylic acid groups (broad SMARTS) is 1. The number of ether oxygens (including phenoxy) is 1. The van der Waals surface area contributed by atoms with Crippen molar-refractivity contribution in [2.45, 2.75) is 19.8 Å². The van der Waals surface area contributed by atoms with E-state index in [2.05, 4.69) is 4.72 Å². The number of hydrogen-bond donors (Lipinski definition) is 2. The van der Waals surface area contributed by atoms with Gasteiger partial charge in [-0.15, -0.1) is 0 Å². The van der Waals surface area contributed by atoms with Crippen LogP contribution < -0.4 is 4.72 Å². The van der Waals surface area contributed by atoms with Crippen LogP contribution in [-0.2, 0) is 19.6 Å². The van der Waals surface area contributed by atoms with Crippen LogP contribution in [-0.4, -0.2) is 62.4 Å². The van der Waals surface area contributed by atoms with E-state index in [0.29, 0.717) is 43.9 Å². The van der Waals surface area contributed by atoms with E-state index in [1.165, 1.54) is 11.0 Å². The van der Waals surface area contributed by atoms with Gasteiger partial charge in [-0.2, -0.15) is 0 Å². The number of anilines is 1. The summed E-state index contributed by atoms with van der Waals surface area (Å²) in [4.78, 5) is 26.3. The summed E-state index contributed by atoms with van der Waals surface area (Å²) >= 11 is 0. The summed E-state index contributed by atoms with van der Waals surface area (Å²) in [5.74, 6) is -1.44. The van der Waals surface area contributed by atoms with Gasteiger partial charge in [-0.25, -0.2) is 8.42 Å². The molecule has 9 heteroatoms. The molecule has 2 heterocycles. The van der Waals surface area contributed by atoms with E-state index in [-0.39, 0.29) is 24.1 Å². The quantitative estimate of drug-likeness (QED) is 0.752. The maximum absolute atomic E-state index is 12.9. The van der Waals surface area contributed by atoms with Gasteiger partial charge < -0.3 is 14.7 Å². The summed E-state index contributed by atoms with van der Waals surface area (Å²) in [6, 6.07) is 6.28. The first-order valence-electron chi connectivity index (χ1n) is 8.98. The molecule has 0 unspecified atom stereocenters. The zero-order valence-corrected chi connectivity index (χ0v) is 16.0. The molecule has 2 atom stereocenters. The highest BCUT2D eigenvalue weighted by Crippen LogP contribution is 2.42. The topological polar surface area (TPSA) is 113 Å². The van der Waals surface area contributed by atoms with Gasteiger partial charge in [-0.05, 0) is 31.0 Å². The zero-order chi connectivity index (χ0) is 19.7. The molecule has 3 rings (SSSR count). The average molecular weight is 396 g/mol. The van der Waals surface area contributed by atoms with Gasteiger partial charge >= 0.3 is 5.97 Å². The number of nitrogens with zero attached hydrogens (tertiary/aromatic N) is 1. The van der Waals surface area contributed by atoms with Crippen molar-refractivity contribution < 1.29 is 27.9 Å². The van der Waals surface area contributed by atoms with Gasteiger partial charge in [0.25, 0.3) is 5.91 Å². The van der Waals surface area contributed by atoms with Crippen LogP contribution in [0, 0.1) is 11.3 Å². The largest absolute Gasteiger partial charge is 0.481 e. The molecule has 1 amide bonds. The van der Waals surface area contributed by atoms with Gasteiger partial charge in [-0.1, -0.05) is 13.0 Å². The Balaban J connectivity index is 1.79. The molecule has 2 aliphatic heterocycles. The number of carboxylic acids is 1. The fourth-order valence-corrected chi connectivity index (χ4v) is 4.98. The number of carbonyl (C=O) groups is 2. The van der Waals surface area contributed by atoms with Gasteiger partial charge in [-0.3, -0.25) is 14.3 Å². The second-order valence-electron chi connectivity index (χ2n) is 7.17. The molecule has 2 N–H and O–H groups in total. The summed E-state index contributed by atoms with van der Waals surface area (Å²) in [7, 11) is -3.45. The lowest BCUT2D eigenvalue weighted by Gasteiger charge is -2.33. The Morgan fingerprint density at radius 3 is 2.85 bits per heavy atom. The number of sulfonamides is 1. The van der Waals surface area contributed by atoms with E-state index in [1.807, 2.05) is 0 Å². The molecule has 2 saturated heterocycles. The second-order valence-corrected chi connectivity index (χ2v) is 9.01. The van der Waals surface area contributed by atoms with Crippen molar-refractivity contribution in [3.8, 4) is 0 Å². The van der Waals surface area contributed by atoms with Gasteiger partial charge in [0.05, 0.1) is 17.8 Å². The maximum Gasteiger partial charge on any atom is 0.311 e. The Hall–Kier alpha value is -2.13. The third-order valence-electron chi connectivity index (χ3n) is 5.28. The smallest absolute Gasteiger partial charge is 0.311 e. The predicted molar refractivity (Wildman–Crippen MR) is 99.0 cm³/mol. The molecule has 2 aliphatic rings. The normalized spacial score (nSPS) is 25.1. The number of benzene rings is 1. The number of fused-ring (bicyclic) bond motifs is 1. The van der Waals surface area contributed by atoms with Crippen molar-refractivity contribution in [1.29, 1.82) is 0 Å². The van der Waals surface area contributed by atoms with Gasteiger partial charge in [0.15, 0.2) is 0 Å². The molecule has 2 fully saturated rings. The first-order chi connectivity index (χ1) is 12.8. The molecular weight excluding hydrogens is 372 g/mol.